The molecular formula is C19H17N3O6. The van der Waals surface area contributed by atoms with Crippen LogP contribution in [-0.2, 0) is 4.79 Å². The van der Waals surface area contributed by atoms with Crippen molar-refractivity contribution in [1.29, 1.82) is 5.26 Å². The van der Waals surface area contributed by atoms with Gasteiger partial charge in [-0.05, 0) is 48.9 Å². The molecule has 0 aliphatic carbocycles. The van der Waals surface area contributed by atoms with Crippen LogP contribution >= 0.6 is 0 Å². The van der Waals surface area contributed by atoms with Crippen molar-refractivity contribution in [2.45, 2.75) is 6.92 Å². The molecule has 0 radical (unpaired) electrons. The number of nitro benzene ring substituents is 1. The van der Waals surface area contributed by atoms with Gasteiger partial charge in [-0.1, -0.05) is 0 Å². The van der Waals surface area contributed by atoms with Crippen LogP contribution in [0.4, 0.5) is 11.4 Å². The van der Waals surface area contributed by atoms with Crippen LogP contribution in [0.2, 0.25) is 0 Å². The smallest absolute Gasteiger partial charge is 0.315 e. The molecule has 144 valence electrons. The van der Waals surface area contributed by atoms with E-state index in [0.717, 1.165) is 6.07 Å². The molecule has 2 N–H and O–H groups in total. The van der Waals surface area contributed by atoms with Gasteiger partial charge in [-0.15, -0.1) is 0 Å². The number of hydrogen-bond acceptors (Lipinski definition) is 7. The first kappa shape index (κ1) is 20.3. The molecule has 0 unspecified atom stereocenters. The van der Waals surface area contributed by atoms with Gasteiger partial charge in [-0.3, -0.25) is 14.9 Å². The van der Waals surface area contributed by atoms with E-state index in [9.17, 15) is 25.3 Å². The number of amides is 1. The average Bonchev–Trinajstić information content (AvgIpc) is 2.68. The number of nitriles is 1. The van der Waals surface area contributed by atoms with Gasteiger partial charge in [0, 0.05) is 11.8 Å². The Bertz CT molecular complexity index is 961. The Labute approximate surface area is 160 Å². The van der Waals surface area contributed by atoms with E-state index >= 15 is 0 Å². The molecule has 2 aromatic rings. The molecule has 0 saturated carbocycles. The fraction of sp³-hybridized carbons (Fsp3) is 0.158. The van der Waals surface area contributed by atoms with Crippen molar-refractivity contribution >= 4 is 23.4 Å². The lowest BCUT2D eigenvalue weighted by molar-refractivity contribution is -0.386. The Balaban J connectivity index is 2.30. The summed E-state index contributed by atoms with van der Waals surface area (Å²) in [5.41, 5.74) is -0.283. The zero-order valence-electron chi connectivity index (χ0n) is 15.1. The van der Waals surface area contributed by atoms with Gasteiger partial charge in [-0.2, -0.15) is 5.26 Å². The summed E-state index contributed by atoms with van der Waals surface area (Å²) in [7, 11) is 1.23. The second-order valence-electron chi connectivity index (χ2n) is 5.43. The Morgan fingerprint density at radius 2 is 2.04 bits per heavy atom. The van der Waals surface area contributed by atoms with Crippen molar-refractivity contribution in [3.8, 4) is 23.3 Å². The number of hydrogen-bond donors (Lipinski definition) is 2. The number of nitrogens with one attached hydrogen (secondary N) is 1. The number of rotatable bonds is 7. The molecule has 0 atom stereocenters. The molecule has 2 aromatic carbocycles. The fourth-order valence-corrected chi connectivity index (χ4v) is 2.31. The first-order valence-electron chi connectivity index (χ1n) is 8.11. The maximum Gasteiger partial charge on any atom is 0.315 e. The molecule has 0 saturated heterocycles. The van der Waals surface area contributed by atoms with E-state index in [1.54, 1.807) is 30.3 Å². The van der Waals surface area contributed by atoms with Crippen LogP contribution in [0.3, 0.4) is 0 Å². The molecule has 1 amide bonds. The van der Waals surface area contributed by atoms with Crippen LogP contribution in [0.15, 0.2) is 42.0 Å². The monoisotopic (exact) mass is 383 g/mol. The standard InChI is InChI=1S/C19H17N3O6/c1-3-28-15-6-4-14(5-7-15)21-19(24)13(11-20)8-12-9-16(22(25)26)18(23)17(10-12)27-2/h4-10,23H,3H2,1-2H3,(H,21,24)/b13-8+. The second-order valence-corrected chi connectivity index (χ2v) is 5.43. The molecule has 28 heavy (non-hydrogen) atoms. The molecule has 0 heterocycles. The minimum absolute atomic E-state index is 0.148. The van der Waals surface area contributed by atoms with Gasteiger partial charge < -0.3 is 19.9 Å². The van der Waals surface area contributed by atoms with E-state index in [1.165, 1.54) is 19.3 Å². The van der Waals surface area contributed by atoms with Crippen molar-refractivity contribution in [2.75, 3.05) is 19.0 Å². The SMILES string of the molecule is CCOc1ccc(NC(=O)/C(C#N)=C/c2cc(OC)c(O)c([N+](=O)[O-])c2)cc1. The molecule has 0 bridgehead atoms. The highest BCUT2D eigenvalue weighted by atomic mass is 16.6. The van der Waals surface area contributed by atoms with Gasteiger partial charge in [0.1, 0.15) is 17.4 Å². The van der Waals surface area contributed by atoms with Crippen molar-refractivity contribution in [3.63, 3.8) is 0 Å². The Hall–Kier alpha value is -4.06. The zero-order valence-corrected chi connectivity index (χ0v) is 15.1. The number of methoxy groups -OCH3 is 1. The number of carbonyl (C=O) groups excluding carboxylic acids is 1. The molecule has 0 spiro atoms. The first-order valence-corrected chi connectivity index (χ1v) is 8.11. The first-order chi connectivity index (χ1) is 13.4. The lowest BCUT2D eigenvalue weighted by Gasteiger charge is -2.07. The number of aromatic hydroxyl groups is 1. The van der Waals surface area contributed by atoms with Crippen LogP contribution in [-0.4, -0.2) is 29.7 Å². The Morgan fingerprint density at radius 3 is 2.57 bits per heavy atom. The van der Waals surface area contributed by atoms with E-state index in [2.05, 4.69) is 5.32 Å². The molecule has 0 aliphatic rings. The number of ether oxygens (including phenoxy) is 2. The van der Waals surface area contributed by atoms with Crippen molar-refractivity contribution < 1.29 is 24.3 Å². The fourth-order valence-electron chi connectivity index (χ4n) is 2.31. The highest BCUT2D eigenvalue weighted by Crippen LogP contribution is 2.37. The molecule has 9 nitrogen and oxygen atoms in total. The maximum absolute atomic E-state index is 12.4. The largest absolute Gasteiger partial charge is 0.500 e. The molecule has 9 heteroatoms. The number of nitrogens with zero attached hydrogens (tertiary/aromatic N) is 2. The topological polar surface area (TPSA) is 135 Å². The Kier molecular flexibility index (Phi) is 6.54. The van der Waals surface area contributed by atoms with E-state index in [1.807, 2.05) is 6.92 Å². The number of benzene rings is 2. The number of anilines is 1. The number of nitro groups is 1. The summed E-state index contributed by atoms with van der Waals surface area (Å²) in [5.74, 6) is -0.840. The highest BCUT2D eigenvalue weighted by molar-refractivity contribution is 6.09. The van der Waals surface area contributed by atoms with Gasteiger partial charge in [0.05, 0.1) is 18.6 Å². The summed E-state index contributed by atoms with van der Waals surface area (Å²) in [6, 6.07) is 10.7. The van der Waals surface area contributed by atoms with Gasteiger partial charge >= 0.3 is 5.69 Å². The van der Waals surface area contributed by atoms with E-state index < -0.39 is 22.3 Å². The zero-order chi connectivity index (χ0) is 20.7. The summed E-state index contributed by atoms with van der Waals surface area (Å²) in [6.07, 6.45) is 1.17. The van der Waals surface area contributed by atoms with Crippen LogP contribution in [0.25, 0.3) is 6.08 Å². The highest BCUT2D eigenvalue weighted by Gasteiger charge is 2.20. The molecule has 0 aliphatic heterocycles. The third-order valence-corrected chi connectivity index (χ3v) is 3.59. The normalized spacial score (nSPS) is 10.7. The summed E-state index contributed by atoms with van der Waals surface area (Å²) >= 11 is 0. The van der Waals surface area contributed by atoms with Crippen molar-refractivity contribution in [3.05, 3.63) is 57.6 Å². The Morgan fingerprint density at radius 1 is 1.36 bits per heavy atom. The third-order valence-electron chi connectivity index (χ3n) is 3.59. The second kappa shape index (κ2) is 9.05. The minimum atomic E-state index is -0.790. The maximum atomic E-state index is 12.4. The third kappa shape index (κ3) is 4.76. The average molecular weight is 383 g/mol. The van der Waals surface area contributed by atoms with Gasteiger partial charge in [0.2, 0.25) is 5.75 Å². The summed E-state index contributed by atoms with van der Waals surface area (Å²) in [4.78, 5) is 22.6. The van der Waals surface area contributed by atoms with Gasteiger partial charge in [-0.25, -0.2) is 0 Å². The van der Waals surface area contributed by atoms with E-state index in [-0.39, 0.29) is 16.9 Å². The number of phenolic OH excluding ortho intramolecular Hbond substituents is 1. The minimum Gasteiger partial charge on any atom is -0.500 e. The van der Waals surface area contributed by atoms with Crippen LogP contribution in [0.5, 0.6) is 17.2 Å². The van der Waals surface area contributed by atoms with Crippen LogP contribution in [0.1, 0.15) is 12.5 Å². The molecular weight excluding hydrogens is 366 g/mol. The van der Waals surface area contributed by atoms with Gasteiger partial charge in [0.25, 0.3) is 5.91 Å². The quantitative estimate of drug-likeness (QED) is 0.324. The number of phenols is 1. The summed E-state index contributed by atoms with van der Waals surface area (Å²) in [5, 5.41) is 32.7. The molecule has 2 rings (SSSR count). The van der Waals surface area contributed by atoms with E-state index in [4.69, 9.17) is 9.47 Å². The summed E-state index contributed by atoms with van der Waals surface area (Å²) < 4.78 is 10.2. The number of carbonyl (C=O) groups is 1. The van der Waals surface area contributed by atoms with Crippen molar-refractivity contribution in [2.24, 2.45) is 0 Å². The molecule has 0 aromatic heterocycles. The van der Waals surface area contributed by atoms with Crippen molar-refractivity contribution in [1.82, 2.24) is 0 Å². The van der Waals surface area contributed by atoms with Crippen LogP contribution in [0, 0.1) is 21.4 Å². The molecule has 0 fully saturated rings. The van der Waals surface area contributed by atoms with Gasteiger partial charge in [0.15, 0.2) is 5.75 Å². The van der Waals surface area contributed by atoms with E-state index in [0.29, 0.717) is 18.0 Å². The predicted octanol–water partition coefficient (Wildman–Crippen LogP) is 3.25. The lowest BCUT2D eigenvalue weighted by Crippen LogP contribution is -2.13. The lowest BCUT2D eigenvalue weighted by atomic mass is 10.1. The van der Waals surface area contributed by atoms with Crippen LogP contribution < -0.4 is 14.8 Å². The summed E-state index contributed by atoms with van der Waals surface area (Å²) in [6.45, 7) is 2.36. The predicted molar refractivity (Wildman–Crippen MR) is 101 cm³/mol.